The van der Waals surface area contributed by atoms with E-state index in [0.29, 0.717) is 18.8 Å². The number of nitrogens with one attached hydrogen (secondary N) is 3. The second-order valence-electron chi connectivity index (χ2n) is 6.05. The third-order valence-corrected chi connectivity index (χ3v) is 4.46. The zero-order valence-electron chi connectivity index (χ0n) is 12.6. The molecule has 0 aliphatic carbocycles. The summed E-state index contributed by atoms with van der Waals surface area (Å²) in [5.74, 6) is 0.874. The summed E-state index contributed by atoms with van der Waals surface area (Å²) in [4.78, 5) is 27.4. The van der Waals surface area contributed by atoms with Crippen molar-refractivity contribution in [2.24, 2.45) is 5.92 Å². The van der Waals surface area contributed by atoms with Crippen LogP contribution in [0.25, 0.3) is 0 Å². The van der Waals surface area contributed by atoms with Gasteiger partial charge in [-0.25, -0.2) is 4.98 Å². The minimum absolute atomic E-state index is 0.186. The van der Waals surface area contributed by atoms with Gasteiger partial charge >= 0.3 is 0 Å². The second-order valence-corrected chi connectivity index (χ2v) is 6.05. The van der Waals surface area contributed by atoms with E-state index in [-0.39, 0.29) is 17.7 Å². The topological polar surface area (TPSA) is 83.1 Å². The van der Waals surface area contributed by atoms with E-state index in [1.54, 1.807) is 6.20 Å². The van der Waals surface area contributed by atoms with Gasteiger partial charge in [0.2, 0.25) is 11.8 Å². The predicted molar refractivity (Wildman–Crippen MR) is 83.4 cm³/mol. The standard InChI is InChI=1S/C16H22N4O2/c21-15-4-2-13(16(22)20-15)12-1-3-14(19-10-12)18-9-11-5-7-17-8-6-11/h1,3,10-11,13,17H,2,4-9H2,(H,18,19)(H,20,21,22). The molecule has 3 N–H and O–H groups in total. The Balaban J connectivity index is 1.55. The fourth-order valence-electron chi connectivity index (χ4n) is 3.06. The number of aromatic nitrogens is 1. The molecule has 2 aliphatic rings. The maximum absolute atomic E-state index is 11.8. The Kier molecular flexibility index (Phi) is 4.68. The fourth-order valence-corrected chi connectivity index (χ4v) is 3.06. The van der Waals surface area contributed by atoms with Crippen LogP contribution in [0.1, 0.15) is 37.2 Å². The lowest BCUT2D eigenvalue weighted by Crippen LogP contribution is -2.39. The molecule has 22 heavy (non-hydrogen) atoms. The van der Waals surface area contributed by atoms with Gasteiger partial charge in [0.15, 0.2) is 0 Å². The average molecular weight is 302 g/mol. The van der Waals surface area contributed by atoms with E-state index in [9.17, 15) is 9.59 Å². The van der Waals surface area contributed by atoms with Crippen molar-refractivity contribution in [2.45, 2.75) is 31.6 Å². The molecule has 6 nitrogen and oxygen atoms in total. The van der Waals surface area contributed by atoms with Crippen molar-refractivity contribution in [3.05, 3.63) is 23.9 Å². The largest absolute Gasteiger partial charge is 0.370 e. The zero-order valence-corrected chi connectivity index (χ0v) is 12.6. The Bertz CT molecular complexity index is 538. The van der Waals surface area contributed by atoms with Gasteiger partial charge in [0.25, 0.3) is 0 Å². The minimum Gasteiger partial charge on any atom is -0.370 e. The van der Waals surface area contributed by atoms with Crippen molar-refractivity contribution in [1.29, 1.82) is 0 Å². The fraction of sp³-hybridized carbons (Fsp3) is 0.562. The van der Waals surface area contributed by atoms with E-state index < -0.39 is 0 Å². The summed E-state index contributed by atoms with van der Waals surface area (Å²) < 4.78 is 0. The number of anilines is 1. The van der Waals surface area contributed by atoms with Crippen molar-refractivity contribution < 1.29 is 9.59 Å². The molecule has 0 radical (unpaired) electrons. The Hall–Kier alpha value is -1.95. The monoisotopic (exact) mass is 302 g/mol. The molecule has 3 rings (SSSR count). The lowest BCUT2D eigenvalue weighted by atomic mass is 9.92. The van der Waals surface area contributed by atoms with Gasteiger partial charge in [0.05, 0.1) is 5.92 Å². The normalized spacial score (nSPS) is 23.2. The quantitative estimate of drug-likeness (QED) is 0.723. The van der Waals surface area contributed by atoms with Gasteiger partial charge in [-0.3, -0.25) is 14.9 Å². The summed E-state index contributed by atoms with van der Waals surface area (Å²) in [7, 11) is 0. The predicted octanol–water partition coefficient (Wildman–Crippen LogP) is 1.01. The minimum atomic E-state index is -0.260. The van der Waals surface area contributed by atoms with E-state index in [4.69, 9.17) is 0 Å². The van der Waals surface area contributed by atoms with Crippen LogP contribution in [0.4, 0.5) is 5.82 Å². The number of pyridine rings is 1. The molecule has 2 amide bonds. The molecule has 0 saturated carbocycles. The van der Waals surface area contributed by atoms with Crippen LogP contribution in [0.5, 0.6) is 0 Å². The number of carbonyl (C=O) groups excluding carboxylic acids is 2. The number of rotatable bonds is 4. The van der Waals surface area contributed by atoms with E-state index in [1.807, 2.05) is 12.1 Å². The highest BCUT2D eigenvalue weighted by Gasteiger charge is 2.28. The first kappa shape index (κ1) is 15.0. The molecule has 1 atom stereocenters. The molecule has 1 unspecified atom stereocenters. The van der Waals surface area contributed by atoms with Crippen LogP contribution in [-0.2, 0) is 9.59 Å². The van der Waals surface area contributed by atoms with Crippen LogP contribution >= 0.6 is 0 Å². The van der Waals surface area contributed by atoms with Crippen LogP contribution in [0.3, 0.4) is 0 Å². The molecule has 2 aliphatic heterocycles. The van der Waals surface area contributed by atoms with Gasteiger partial charge in [-0.2, -0.15) is 0 Å². The molecular formula is C16H22N4O2. The van der Waals surface area contributed by atoms with Crippen LogP contribution in [0.15, 0.2) is 18.3 Å². The summed E-state index contributed by atoms with van der Waals surface area (Å²) in [5.41, 5.74) is 0.873. The van der Waals surface area contributed by atoms with Crippen LogP contribution in [0.2, 0.25) is 0 Å². The maximum Gasteiger partial charge on any atom is 0.234 e. The Morgan fingerprint density at radius 2 is 2.00 bits per heavy atom. The number of carbonyl (C=O) groups is 2. The summed E-state index contributed by atoms with van der Waals surface area (Å²) in [6.45, 7) is 3.12. The lowest BCUT2D eigenvalue weighted by molar-refractivity contribution is -0.134. The Labute approximate surface area is 130 Å². The summed E-state index contributed by atoms with van der Waals surface area (Å²) in [5, 5.41) is 9.11. The molecule has 0 bridgehead atoms. The summed E-state index contributed by atoms with van der Waals surface area (Å²) in [6.07, 6.45) is 5.09. The summed E-state index contributed by atoms with van der Waals surface area (Å²) in [6, 6.07) is 3.85. The molecule has 2 saturated heterocycles. The Morgan fingerprint density at radius 1 is 1.18 bits per heavy atom. The number of hydrogen-bond donors (Lipinski definition) is 3. The summed E-state index contributed by atoms with van der Waals surface area (Å²) >= 11 is 0. The lowest BCUT2D eigenvalue weighted by Gasteiger charge is -2.23. The van der Waals surface area contributed by atoms with E-state index in [0.717, 1.165) is 31.0 Å². The van der Waals surface area contributed by atoms with Crippen LogP contribution in [0, 0.1) is 5.92 Å². The molecule has 3 heterocycles. The molecule has 1 aromatic heterocycles. The van der Waals surface area contributed by atoms with Gasteiger partial charge in [-0.15, -0.1) is 0 Å². The molecular weight excluding hydrogens is 280 g/mol. The zero-order chi connectivity index (χ0) is 15.4. The van der Waals surface area contributed by atoms with Crippen molar-refractivity contribution in [2.75, 3.05) is 25.0 Å². The highest BCUT2D eigenvalue weighted by molar-refractivity contribution is 6.00. The third-order valence-electron chi connectivity index (χ3n) is 4.46. The molecule has 2 fully saturated rings. The highest BCUT2D eigenvalue weighted by Crippen LogP contribution is 2.24. The number of hydrogen-bond acceptors (Lipinski definition) is 5. The SMILES string of the molecule is O=C1CCC(c2ccc(NCC3CCNCC3)nc2)C(=O)N1. The first-order valence-electron chi connectivity index (χ1n) is 7.96. The first-order valence-corrected chi connectivity index (χ1v) is 7.96. The van der Waals surface area contributed by atoms with Crippen molar-refractivity contribution >= 4 is 17.6 Å². The van der Waals surface area contributed by atoms with Gasteiger partial charge in [0, 0.05) is 19.2 Å². The van der Waals surface area contributed by atoms with Crippen LogP contribution in [-0.4, -0.2) is 36.4 Å². The number of piperidine rings is 2. The van der Waals surface area contributed by atoms with Crippen molar-refractivity contribution in [1.82, 2.24) is 15.6 Å². The molecule has 0 spiro atoms. The number of imide groups is 1. The average Bonchev–Trinajstić information content (AvgIpc) is 2.55. The molecule has 6 heteroatoms. The van der Waals surface area contributed by atoms with Gasteiger partial charge in [-0.05, 0) is 49.9 Å². The maximum atomic E-state index is 11.8. The van der Waals surface area contributed by atoms with Crippen molar-refractivity contribution in [3.63, 3.8) is 0 Å². The molecule has 0 aromatic carbocycles. The molecule has 1 aromatic rings. The van der Waals surface area contributed by atoms with E-state index in [2.05, 4.69) is 20.9 Å². The van der Waals surface area contributed by atoms with Gasteiger partial charge in [-0.1, -0.05) is 6.07 Å². The smallest absolute Gasteiger partial charge is 0.234 e. The van der Waals surface area contributed by atoms with E-state index in [1.165, 1.54) is 12.8 Å². The Morgan fingerprint density at radius 3 is 2.68 bits per heavy atom. The second kappa shape index (κ2) is 6.87. The first-order chi connectivity index (χ1) is 10.7. The number of nitrogens with zero attached hydrogens (tertiary/aromatic N) is 1. The highest BCUT2D eigenvalue weighted by atomic mass is 16.2. The van der Waals surface area contributed by atoms with E-state index >= 15 is 0 Å². The van der Waals surface area contributed by atoms with Gasteiger partial charge < -0.3 is 10.6 Å². The van der Waals surface area contributed by atoms with Crippen molar-refractivity contribution in [3.8, 4) is 0 Å². The van der Waals surface area contributed by atoms with Crippen LogP contribution < -0.4 is 16.0 Å². The van der Waals surface area contributed by atoms with Gasteiger partial charge in [0.1, 0.15) is 5.82 Å². The number of amides is 2. The molecule has 118 valence electrons. The third kappa shape index (κ3) is 3.62.